The maximum Gasteiger partial charge on any atom is 0.307 e. The van der Waals surface area contributed by atoms with Crippen LogP contribution in [0.1, 0.15) is 21.6 Å². The molecular weight excluding hydrogens is 394 g/mol. The highest BCUT2D eigenvalue weighted by Crippen LogP contribution is 2.31. The Kier molecular flexibility index (Phi) is 5.45. The second-order valence-corrected chi connectivity index (χ2v) is 7.10. The Labute approximate surface area is 179 Å². The minimum atomic E-state index is -0.958. The van der Waals surface area contributed by atoms with Gasteiger partial charge in [-0.1, -0.05) is 18.2 Å². The normalized spacial score (nSPS) is 10.8. The molecule has 0 radical (unpaired) electrons. The number of hydrogen-bond acceptors (Lipinski definition) is 4. The minimum absolute atomic E-state index is 0.181. The molecule has 0 unspecified atom stereocenters. The van der Waals surface area contributed by atoms with Crippen molar-refractivity contribution in [2.75, 3.05) is 7.11 Å². The van der Waals surface area contributed by atoms with E-state index >= 15 is 0 Å². The number of carbonyl (C=O) groups excluding carboxylic acids is 1. The summed E-state index contributed by atoms with van der Waals surface area (Å²) in [5.74, 6) is 0.732. The molecule has 0 saturated heterocycles. The molecule has 0 aliphatic rings. The number of aliphatic carboxylic acids is 1. The lowest BCUT2D eigenvalue weighted by Gasteiger charge is -2.09. The van der Waals surface area contributed by atoms with E-state index < -0.39 is 5.97 Å². The quantitative estimate of drug-likeness (QED) is 0.476. The van der Waals surface area contributed by atoms with Crippen molar-refractivity contribution < 1.29 is 24.2 Å². The fourth-order valence-corrected chi connectivity index (χ4v) is 3.64. The summed E-state index contributed by atoms with van der Waals surface area (Å²) in [6.07, 6.45) is -0.181. The van der Waals surface area contributed by atoms with Crippen molar-refractivity contribution in [2.45, 2.75) is 13.3 Å². The van der Waals surface area contributed by atoms with Crippen LogP contribution in [0.25, 0.3) is 10.9 Å². The van der Waals surface area contributed by atoms with Crippen LogP contribution in [-0.2, 0) is 11.2 Å². The first kappa shape index (κ1) is 20.2. The number of carboxylic acids is 1. The van der Waals surface area contributed by atoms with Gasteiger partial charge in [0, 0.05) is 16.6 Å². The van der Waals surface area contributed by atoms with Gasteiger partial charge in [-0.05, 0) is 67.1 Å². The number of hydrogen-bond donors (Lipinski definition) is 1. The van der Waals surface area contributed by atoms with Gasteiger partial charge in [-0.2, -0.15) is 0 Å². The van der Waals surface area contributed by atoms with Gasteiger partial charge >= 0.3 is 5.97 Å². The zero-order valence-electron chi connectivity index (χ0n) is 17.2. The summed E-state index contributed by atoms with van der Waals surface area (Å²) in [4.78, 5) is 24.8. The van der Waals surface area contributed by atoms with Crippen molar-refractivity contribution in [2.24, 2.45) is 0 Å². The van der Waals surface area contributed by atoms with Gasteiger partial charge in [-0.3, -0.25) is 14.2 Å². The summed E-state index contributed by atoms with van der Waals surface area (Å²) in [6, 6.07) is 21.6. The Morgan fingerprint density at radius 1 is 0.903 bits per heavy atom. The number of fused-ring (bicyclic) bond motifs is 1. The number of methoxy groups -OCH3 is 1. The number of nitrogens with zero attached hydrogens (tertiary/aromatic N) is 1. The smallest absolute Gasteiger partial charge is 0.307 e. The van der Waals surface area contributed by atoms with E-state index in [0.29, 0.717) is 45.0 Å². The highest BCUT2D eigenvalue weighted by Gasteiger charge is 2.22. The number of rotatable bonds is 6. The number of para-hydroxylation sites is 1. The van der Waals surface area contributed by atoms with Crippen LogP contribution in [-0.4, -0.2) is 28.7 Å². The van der Waals surface area contributed by atoms with Gasteiger partial charge in [0.05, 0.1) is 19.0 Å². The second kappa shape index (κ2) is 8.36. The van der Waals surface area contributed by atoms with Gasteiger partial charge in [-0.15, -0.1) is 0 Å². The van der Waals surface area contributed by atoms with E-state index in [2.05, 4.69) is 0 Å². The summed E-state index contributed by atoms with van der Waals surface area (Å²) >= 11 is 0. The number of ether oxygens (including phenoxy) is 2. The molecule has 0 saturated carbocycles. The van der Waals surface area contributed by atoms with E-state index in [-0.39, 0.29) is 12.3 Å². The minimum Gasteiger partial charge on any atom is -0.497 e. The van der Waals surface area contributed by atoms with E-state index in [9.17, 15) is 14.7 Å². The van der Waals surface area contributed by atoms with E-state index in [1.807, 2.05) is 30.3 Å². The average molecular weight is 415 g/mol. The molecule has 31 heavy (non-hydrogen) atoms. The third kappa shape index (κ3) is 4.00. The topological polar surface area (TPSA) is 77.8 Å². The van der Waals surface area contributed by atoms with Crippen LogP contribution in [0.15, 0.2) is 72.8 Å². The van der Waals surface area contributed by atoms with Crippen LogP contribution < -0.4 is 9.47 Å². The molecule has 0 atom stereocenters. The van der Waals surface area contributed by atoms with E-state index in [0.717, 1.165) is 0 Å². The molecule has 1 N–H and O–H groups in total. The number of carbonyl (C=O) groups is 2. The standard InChI is InChI=1S/C25H21NO5/c1-16-21(15-24(27)28)22-14-20(30-2)12-13-23(22)26(16)25(29)17-8-10-19(11-9-17)31-18-6-4-3-5-7-18/h3-14H,15H2,1-2H3,(H,27,28). The molecule has 4 aromatic rings. The van der Waals surface area contributed by atoms with E-state index in [1.165, 1.54) is 0 Å². The Hall–Kier alpha value is -4.06. The Bertz CT molecular complexity index is 1260. The van der Waals surface area contributed by atoms with Crippen molar-refractivity contribution in [1.29, 1.82) is 0 Å². The second-order valence-electron chi connectivity index (χ2n) is 7.10. The highest BCUT2D eigenvalue weighted by atomic mass is 16.5. The number of aromatic nitrogens is 1. The fourth-order valence-electron chi connectivity index (χ4n) is 3.64. The van der Waals surface area contributed by atoms with Crippen molar-refractivity contribution in [3.63, 3.8) is 0 Å². The first-order chi connectivity index (χ1) is 15.0. The van der Waals surface area contributed by atoms with Gasteiger partial charge in [0.25, 0.3) is 5.91 Å². The van der Waals surface area contributed by atoms with Crippen LogP contribution in [0.3, 0.4) is 0 Å². The Morgan fingerprint density at radius 2 is 1.55 bits per heavy atom. The molecule has 3 aromatic carbocycles. The Balaban J connectivity index is 1.71. The maximum absolute atomic E-state index is 13.3. The highest BCUT2D eigenvalue weighted by molar-refractivity contribution is 6.05. The lowest BCUT2D eigenvalue weighted by Crippen LogP contribution is -2.14. The van der Waals surface area contributed by atoms with Crippen molar-refractivity contribution in [3.05, 3.63) is 89.6 Å². The van der Waals surface area contributed by atoms with Crippen LogP contribution in [0.4, 0.5) is 0 Å². The third-order valence-electron chi connectivity index (χ3n) is 5.15. The largest absolute Gasteiger partial charge is 0.497 e. The third-order valence-corrected chi connectivity index (χ3v) is 5.15. The van der Waals surface area contributed by atoms with Gasteiger partial charge in [0.15, 0.2) is 0 Å². The molecule has 0 spiro atoms. The van der Waals surface area contributed by atoms with Crippen molar-refractivity contribution >= 4 is 22.8 Å². The molecule has 1 heterocycles. The molecule has 1 aromatic heterocycles. The van der Waals surface area contributed by atoms with Gasteiger partial charge in [0.1, 0.15) is 17.2 Å². The Morgan fingerprint density at radius 3 is 2.19 bits per heavy atom. The summed E-state index contributed by atoms with van der Waals surface area (Å²) < 4.78 is 12.6. The summed E-state index contributed by atoms with van der Waals surface area (Å²) in [5, 5.41) is 10.0. The van der Waals surface area contributed by atoms with Crippen molar-refractivity contribution in [1.82, 2.24) is 4.57 Å². The van der Waals surface area contributed by atoms with Crippen LogP contribution in [0.5, 0.6) is 17.2 Å². The predicted molar refractivity (Wildman–Crippen MR) is 117 cm³/mol. The van der Waals surface area contributed by atoms with Crippen LogP contribution >= 0.6 is 0 Å². The molecule has 0 aliphatic carbocycles. The number of benzene rings is 3. The summed E-state index contributed by atoms with van der Waals surface area (Å²) in [6.45, 7) is 1.76. The fraction of sp³-hybridized carbons (Fsp3) is 0.120. The molecule has 6 nitrogen and oxygen atoms in total. The van der Waals surface area contributed by atoms with E-state index in [4.69, 9.17) is 9.47 Å². The molecule has 4 rings (SSSR count). The summed E-state index contributed by atoms with van der Waals surface area (Å²) in [5.41, 5.74) is 2.31. The van der Waals surface area contributed by atoms with Gasteiger partial charge in [-0.25, -0.2) is 0 Å². The SMILES string of the molecule is COc1ccc2c(c1)c(CC(=O)O)c(C)n2C(=O)c1ccc(Oc2ccccc2)cc1. The predicted octanol–water partition coefficient (Wildman–Crippen LogP) is 5.07. The molecule has 156 valence electrons. The molecule has 0 aliphatic heterocycles. The van der Waals surface area contributed by atoms with Crippen molar-refractivity contribution in [3.8, 4) is 17.2 Å². The van der Waals surface area contributed by atoms with Gasteiger partial charge < -0.3 is 14.6 Å². The van der Waals surface area contributed by atoms with Gasteiger partial charge in [0.2, 0.25) is 0 Å². The molecule has 0 amide bonds. The molecular formula is C25H21NO5. The summed E-state index contributed by atoms with van der Waals surface area (Å²) in [7, 11) is 1.55. The van der Waals surface area contributed by atoms with E-state index in [1.54, 1.807) is 61.1 Å². The molecule has 6 heteroatoms. The first-order valence-electron chi connectivity index (χ1n) is 9.75. The first-order valence-corrected chi connectivity index (χ1v) is 9.75. The average Bonchev–Trinajstić information content (AvgIpc) is 3.04. The molecule has 0 fully saturated rings. The zero-order chi connectivity index (χ0) is 22.0. The lowest BCUT2D eigenvalue weighted by atomic mass is 10.1. The zero-order valence-corrected chi connectivity index (χ0v) is 17.2. The number of carboxylic acid groups (broad SMARTS) is 1. The monoisotopic (exact) mass is 415 g/mol. The molecule has 0 bridgehead atoms. The van der Waals surface area contributed by atoms with Crippen LogP contribution in [0.2, 0.25) is 0 Å². The maximum atomic E-state index is 13.3. The van der Waals surface area contributed by atoms with Crippen LogP contribution in [0, 0.1) is 6.92 Å². The lowest BCUT2D eigenvalue weighted by molar-refractivity contribution is -0.136.